The predicted octanol–water partition coefficient (Wildman–Crippen LogP) is 5.17. The van der Waals surface area contributed by atoms with Crippen molar-refractivity contribution in [1.82, 2.24) is 25.5 Å². The van der Waals surface area contributed by atoms with Crippen LogP contribution in [0.5, 0.6) is 5.75 Å². The van der Waals surface area contributed by atoms with Crippen molar-refractivity contribution in [2.45, 2.75) is 24.7 Å². The first kappa shape index (κ1) is 22.3. The van der Waals surface area contributed by atoms with Crippen molar-refractivity contribution in [2.24, 2.45) is 0 Å². The Morgan fingerprint density at radius 2 is 1.81 bits per heavy atom. The lowest BCUT2D eigenvalue weighted by atomic mass is 10.2. The molecule has 8 heteroatoms. The van der Waals surface area contributed by atoms with Gasteiger partial charge in [0.15, 0.2) is 0 Å². The summed E-state index contributed by atoms with van der Waals surface area (Å²) in [6.07, 6.45) is 1.01. The van der Waals surface area contributed by atoms with Gasteiger partial charge in [-0.15, -0.1) is 5.10 Å². The summed E-state index contributed by atoms with van der Waals surface area (Å²) in [5, 5.41) is 17.0. The maximum Gasteiger partial charge on any atom is 0.214 e. The molecule has 4 aromatic rings. The fourth-order valence-corrected chi connectivity index (χ4v) is 4.14. The van der Waals surface area contributed by atoms with Crippen LogP contribution in [0.2, 0.25) is 5.02 Å². The lowest BCUT2D eigenvalue weighted by Crippen LogP contribution is -2.15. The van der Waals surface area contributed by atoms with Crippen LogP contribution in [0.3, 0.4) is 0 Å². The smallest absolute Gasteiger partial charge is 0.214 e. The van der Waals surface area contributed by atoms with E-state index in [4.69, 9.17) is 16.3 Å². The molecular formula is C24H24ClN5OS. The molecule has 0 aliphatic rings. The molecule has 0 unspecified atom stereocenters. The van der Waals surface area contributed by atoms with E-state index in [9.17, 15) is 0 Å². The molecule has 0 aliphatic heterocycles. The second kappa shape index (κ2) is 11.7. The third-order valence-corrected chi connectivity index (χ3v) is 6.12. The summed E-state index contributed by atoms with van der Waals surface area (Å²) in [5.41, 5.74) is 3.13. The Kier molecular flexibility index (Phi) is 8.14. The van der Waals surface area contributed by atoms with Crippen molar-refractivity contribution < 1.29 is 4.74 Å². The largest absolute Gasteiger partial charge is 0.489 e. The van der Waals surface area contributed by atoms with Gasteiger partial charge >= 0.3 is 0 Å². The molecule has 164 valence electrons. The molecule has 3 aromatic carbocycles. The van der Waals surface area contributed by atoms with Crippen molar-refractivity contribution in [2.75, 3.05) is 12.3 Å². The number of benzene rings is 3. The minimum Gasteiger partial charge on any atom is -0.489 e. The van der Waals surface area contributed by atoms with Gasteiger partial charge in [-0.25, -0.2) is 0 Å². The zero-order chi connectivity index (χ0) is 22.0. The Morgan fingerprint density at radius 3 is 2.69 bits per heavy atom. The minimum atomic E-state index is 0.455. The van der Waals surface area contributed by atoms with Gasteiger partial charge in [0.1, 0.15) is 12.4 Å². The van der Waals surface area contributed by atoms with E-state index >= 15 is 0 Å². The molecule has 0 radical (unpaired) electrons. The van der Waals surface area contributed by atoms with E-state index in [0.717, 1.165) is 52.4 Å². The van der Waals surface area contributed by atoms with Crippen LogP contribution < -0.4 is 10.1 Å². The molecule has 1 heterocycles. The number of nitrogens with zero attached hydrogens (tertiary/aromatic N) is 4. The Morgan fingerprint density at radius 1 is 0.969 bits per heavy atom. The first-order valence-corrected chi connectivity index (χ1v) is 11.8. The second-order valence-corrected chi connectivity index (χ2v) is 8.58. The Bertz CT molecular complexity index is 1120. The van der Waals surface area contributed by atoms with Crippen molar-refractivity contribution in [3.63, 3.8) is 0 Å². The van der Waals surface area contributed by atoms with Crippen LogP contribution in [-0.4, -0.2) is 32.5 Å². The average molecular weight is 466 g/mol. The standard InChI is InChI=1S/C24H24ClN5OS/c25-23-13-5-4-9-20(23)18-31-22-12-6-8-19(16-22)17-26-14-7-15-32-24-27-28-29-30(24)21-10-2-1-3-11-21/h1-6,8-13,16,26H,7,14-15,17-18H2. The number of tetrazole rings is 1. The first-order valence-electron chi connectivity index (χ1n) is 10.4. The molecule has 4 rings (SSSR count). The van der Waals surface area contributed by atoms with E-state index in [0.29, 0.717) is 6.61 Å². The average Bonchev–Trinajstić information content (AvgIpc) is 3.30. The van der Waals surface area contributed by atoms with Crippen LogP contribution in [0.4, 0.5) is 0 Å². The number of thioether (sulfide) groups is 1. The summed E-state index contributed by atoms with van der Waals surface area (Å²) in [7, 11) is 0. The summed E-state index contributed by atoms with van der Waals surface area (Å²) in [4.78, 5) is 0. The number of hydrogen-bond donors (Lipinski definition) is 1. The maximum atomic E-state index is 6.20. The van der Waals surface area contributed by atoms with E-state index in [1.54, 1.807) is 16.4 Å². The molecule has 0 saturated carbocycles. The van der Waals surface area contributed by atoms with E-state index in [-0.39, 0.29) is 0 Å². The van der Waals surface area contributed by atoms with Crippen molar-refractivity contribution in [1.29, 1.82) is 0 Å². The van der Waals surface area contributed by atoms with Crippen LogP contribution >= 0.6 is 23.4 Å². The summed E-state index contributed by atoms with van der Waals surface area (Å²) in [6, 6.07) is 25.8. The molecule has 6 nitrogen and oxygen atoms in total. The second-order valence-electron chi connectivity index (χ2n) is 7.12. The predicted molar refractivity (Wildman–Crippen MR) is 128 cm³/mol. The fraction of sp³-hybridized carbons (Fsp3) is 0.208. The zero-order valence-electron chi connectivity index (χ0n) is 17.5. The van der Waals surface area contributed by atoms with Gasteiger partial charge in [-0.3, -0.25) is 0 Å². The fourth-order valence-electron chi connectivity index (χ4n) is 3.12. The first-order chi connectivity index (χ1) is 15.8. The number of hydrogen-bond acceptors (Lipinski definition) is 6. The quantitative estimate of drug-likeness (QED) is 0.243. The summed E-state index contributed by atoms with van der Waals surface area (Å²) >= 11 is 7.86. The van der Waals surface area contributed by atoms with Crippen LogP contribution in [0, 0.1) is 0 Å². The zero-order valence-corrected chi connectivity index (χ0v) is 19.1. The molecule has 0 bridgehead atoms. The number of ether oxygens (including phenoxy) is 1. The third kappa shape index (κ3) is 6.32. The summed E-state index contributed by atoms with van der Waals surface area (Å²) in [5.74, 6) is 1.77. The lowest BCUT2D eigenvalue weighted by Gasteiger charge is -2.10. The highest BCUT2D eigenvalue weighted by Gasteiger charge is 2.08. The van der Waals surface area contributed by atoms with Crippen molar-refractivity contribution in [3.05, 3.63) is 95.0 Å². The van der Waals surface area contributed by atoms with Gasteiger partial charge in [-0.2, -0.15) is 4.68 Å². The summed E-state index contributed by atoms with van der Waals surface area (Å²) < 4.78 is 7.68. The van der Waals surface area contributed by atoms with Crippen LogP contribution in [-0.2, 0) is 13.2 Å². The van der Waals surface area contributed by atoms with Gasteiger partial charge in [0.25, 0.3) is 0 Å². The molecule has 0 saturated heterocycles. The Balaban J connectivity index is 1.18. The highest BCUT2D eigenvalue weighted by molar-refractivity contribution is 7.99. The van der Waals surface area contributed by atoms with Gasteiger partial charge in [0.2, 0.25) is 5.16 Å². The molecular weight excluding hydrogens is 442 g/mol. The highest BCUT2D eigenvalue weighted by atomic mass is 35.5. The van der Waals surface area contributed by atoms with E-state index in [1.165, 1.54) is 5.56 Å². The van der Waals surface area contributed by atoms with E-state index in [2.05, 4.69) is 33.0 Å². The Labute approximate surface area is 197 Å². The highest BCUT2D eigenvalue weighted by Crippen LogP contribution is 2.20. The normalized spacial score (nSPS) is 10.9. The molecule has 0 atom stereocenters. The third-order valence-electron chi connectivity index (χ3n) is 4.75. The van der Waals surface area contributed by atoms with Crippen molar-refractivity contribution in [3.8, 4) is 11.4 Å². The molecule has 0 amide bonds. The van der Waals surface area contributed by atoms with Gasteiger partial charge < -0.3 is 10.1 Å². The number of halogens is 1. The number of rotatable bonds is 11. The number of nitrogens with one attached hydrogen (secondary N) is 1. The molecule has 32 heavy (non-hydrogen) atoms. The van der Waals surface area contributed by atoms with Crippen LogP contribution in [0.25, 0.3) is 5.69 Å². The maximum absolute atomic E-state index is 6.20. The number of aromatic nitrogens is 4. The van der Waals surface area contributed by atoms with Crippen LogP contribution in [0.1, 0.15) is 17.5 Å². The van der Waals surface area contributed by atoms with Gasteiger partial charge in [-0.05, 0) is 59.3 Å². The monoisotopic (exact) mass is 465 g/mol. The van der Waals surface area contributed by atoms with Gasteiger partial charge in [0, 0.05) is 22.9 Å². The minimum absolute atomic E-state index is 0.455. The van der Waals surface area contributed by atoms with Crippen LogP contribution in [0.15, 0.2) is 84.0 Å². The van der Waals surface area contributed by atoms with Gasteiger partial charge in [-0.1, -0.05) is 71.9 Å². The SMILES string of the molecule is Clc1ccccc1COc1cccc(CNCCCSc2nnnn2-c2ccccc2)c1. The Hall–Kier alpha value is -2.87. The molecule has 1 N–H and O–H groups in total. The van der Waals surface area contributed by atoms with Crippen molar-refractivity contribution >= 4 is 23.4 Å². The number of para-hydroxylation sites is 1. The molecule has 0 spiro atoms. The topological polar surface area (TPSA) is 64.9 Å². The van der Waals surface area contributed by atoms with E-state index in [1.807, 2.05) is 66.7 Å². The molecule has 0 fully saturated rings. The molecule has 0 aliphatic carbocycles. The molecule has 1 aromatic heterocycles. The summed E-state index contributed by atoms with van der Waals surface area (Å²) in [6.45, 7) is 2.15. The van der Waals surface area contributed by atoms with Gasteiger partial charge in [0.05, 0.1) is 5.69 Å². The van der Waals surface area contributed by atoms with E-state index < -0.39 is 0 Å². The lowest BCUT2D eigenvalue weighted by molar-refractivity contribution is 0.306.